The summed E-state index contributed by atoms with van der Waals surface area (Å²) in [7, 11) is -0.741. The summed E-state index contributed by atoms with van der Waals surface area (Å²) in [6.45, 7) is 3.86. The minimum absolute atomic E-state index is 0.000786. The molecule has 0 radical (unpaired) electrons. The van der Waals surface area contributed by atoms with Crippen LogP contribution in [-0.4, -0.2) is 32.8 Å². The number of nitrogens with zero attached hydrogens (tertiary/aromatic N) is 1. The van der Waals surface area contributed by atoms with Crippen molar-refractivity contribution in [2.45, 2.75) is 31.8 Å². The van der Waals surface area contributed by atoms with Crippen LogP contribution in [0.3, 0.4) is 0 Å². The van der Waals surface area contributed by atoms with Crippen LogP contribution in [0.25, 0.3) is 0 Å². The second kappa shape index (κ2) is 9.36. The molecule has 164 valence electrons. The third kappa shape index (κ3) is 5.15. The van der Waals surface area contributed by atoms with Gasteiger partial charge in [0.2, 0.25) is 10.0 Å². The summed E-state index contributed by atoms with van der Waals surface area (Å²) in [5.74, 6) is 0.694. The molecule has 0 aliphatic carbocycles. The Morgan fingerprint density at radius 2 is 1.74 bits per heavy atom. The molecule has 1 aromatic heterocycles. The minimum Gasteiger partial charge on any atom is -0.497 e. The van der Waals surface area contributed by atoms with Gasteiger partial charge in [0.15, 0.2) is 0 Å². The highest BCUT2D eigenvalue weighted by atomic mass is 32.2. The molecule has 1 amide bonds. The van der Waals surface area contributed by atoms with E-state index in [0.717, 1.165) is 5.56 Å². The highest BCUT2D eigenvalue weighted by Crippen LogP contribution is 2.28. The number of aryl methyl sites for hydroxylation is 2. The molecular weight excluding hydrogens is 416 g/mol. The summed E-state index contributed by atoms with van der Waals surface area (Å²) in [6.07, 6.45) is 1.33. The molecule has 0 unspecified atom stereocenters. The number of furan rings is 1. The van der Waals surface area contributed by atoms with Crippen molar-refractivity contribution in [3.05, 3.63) is 82.8 Å². The summed E-state index contributed by atoms with van der Waals surface area (Å²) in [6, 6.07) is 14.5. The fourth-order valence-electron chi connectivity index (χ4n) is 3.36. The maximum atomic E-state index is 13.1. The zero-order valence-corrected chi connectivity index (χ0v) is 18.8. The van der Waals surface area contributed by atoms with E-state index in [1.165, 1.54) is 17.6 Å². The molecule has 0 fully saturated rings. The molecule has 3 rings (SSSR count). The molecule has 0 aliphatic heterocycles. The Labute approximate surface area is 182 Å². The van der Waals surface area contributed by atoms with Crippen LogP contribution < -0.4 is 10.1 Å². The highest BCUT2D eigenvalue weighted by molar-refractivity contribution is 7.89. The van der Waals surface area contributed by atoms with Crippen molar-refractivity contribution in [1.29, 1.82) is 0 Å². The summed E-state index contributed by atoms with van der Waals surface area (Å²) in [5.41, 5.74) is 2.53. The van der Waals surface area contributed by atoms with Crippen LogP contribution in [0.5, 0.6) is 5.75 Å². The largest absolute Gasteiger partial charge is 0.497 e. The number of hydrogen-bond acceptors (Lipinski definition) is 5. The van der Waals surface area contributed by atoms with Gasteiger partial charge in [0.05, 0.1) is 24.1 Å². The topological polar surface area (TPSA) is 88.9 Å². The molecule has 0 aliphatic rings. The van der Waals surface area contributed by atoms with Crippen LogP contribution in [0.4, 0.5) is 0 Å². The van der Waals surface area contributed by atoms with Crippen molar-refractivity contribution in [1.82, 2.24) is 9.62 Å². The number of benzene rings is 2. The molecule has 3 aromatic rings. The Kier molecular flexibility index (Phi) is 6.82. The number of amides is 1. The van der Waals surface area contributed by atoms with Crippen LogP contribution in [0.15, 0.2) is 64.1 Å². The second-order valence-corrected chi connectivity index (χ2v) is 9.30. The van der Waals surface area contributed by atoms with Gasteiger partial charge < -0.3 is 14.5 Å². The molecule has 1 N–H and O–H groups in total. The molecule has 0 spiro atoms. The van der Waals surface area contributed by atoms with Crippen LogP contribution in [-0.2, 0) is 23.1 Å². The number of sulfonamides is 1. The molecular formula is C23H26N2O5S. The number of methoxy groups -OCH3 is 1. The molecule has 0 saturated heterocycles. The van der Waals surface area contributed by atoms with Gasteiger partial charge in [-0.3, -0.25) is 4.79 Å². The summed E-state index contributed by atoms with van der Waals surface area (Å²) < 4.78 is 38.2. The molecule has 0 atom stereocenters. The van der Waals surface area contributed by atoms with Crippen molar-refractivity contribution in [3.63, 3.8) is 0 Å². The van der Waals surface area contributed by atoms with E-state index in [-0.39, 0.29) is 17.3 Å². The van der Waals surface area contributed by atoms with Crippen LogP contribution in [0, 0.1) is 13.8 Å². The van der Waals surface area contributed by atoms with E-state index in [0.29, 0.717) is 34.7 Å². The lowest BCUT2D eigenvalue weighted by Crippen LogP contribution is -2.27. The van der Waals surface area contributed by atoms with E-state index in [2.05, 4.69) is 5.32 Å². The minimum atomic E-state index is -3.76. The van der Waals surface area contributed by atoms with E-state index in [4.69, 9.17) is 9.15 Å². The monoisotopic (exact) mass is 442 g/mol. The average Bonchev–Trinajstić information content (AvgIpc) is 3.20. The third-order valence-corrected chi connectivity index (χ3v) is 7.04. The second-order valence-electron chi connectivity index (χ2n) is 7.32. The fourth-order valence-corrected chi connectivity index (χ4v) is 4.90. The molecule has 2 aromatic carbocycles. The van der Waals surface area contributed by atoms with Gasteiger partial charge in [0, 0.05) is 13.6 Å². The van der Waals surface area contributed by atoms with Gasteiger partial charge in [0.1, 0.15) is 17.8 Å². The normalized spacial score (nSPS) is 11.5. The molecule has 7 nitrogen and oxygen atoms in total. The number of carbonyl (C=O) groups is 1. The van der Waals surface area contributed by atoms with Crippen molar-refractivity contribution >= 4 is 15.9 Å². The zero-order valence-electron chi connectivity index (χ0n) is 18.0. The number of hydrogen-bond donors (Lipinski definition) is 1. The van der Waals surface area contributed by atoms with E-state index < -0.39 is 10.0 Å². The number of ether oxygens (including phenoxy) is 1. The van der Waals surface area contributed by atoms with E-state index in [9.17, 15) is 13.2 Å². The molecule has 8 heteroatoms. The SMILES string of the molecule is COc1cc(C)c(S(=O)(=O)N(C)Cc2cc(C(=O)NCc3ccccc3)co2)c(C)c1. The van der Waals surface area contributed by atoms with E-state index in [1.54, 1.807) is 39.2 Å². The average molecular weight is 443 g/mol. The smallest absolute Gasteiger partial charge is 0.254 e. The maximum absolute atomic E-state index is 13.1. The summed E-state index contributed by atoms with van der Waals surface area (Å²) in [5, 5.41) is 2.82. The first kappa shape index (κ1) is 22.6. The Bertz CT molecular complexity index is 1150. The molecule has 0 bridgehead atoms. The van der Waals surface area contributed by atoms with E-state index in [1.807, 2.05) is 30.3 Å². The van der Waals surface area contributed by atoms with Crippen LogP contribution >= 0.6 is 0 Å². The first-order valence-electron chi connectivity index (χ1n) is 9.73. The van der Waals surface area contributed by atoms with Crippen LogP contribution in [0.2, 0.25) is 0 Å². The zero-order chi connectivity index (χ0) is 22.6. The first-order valence-corrected chi connectivity index (χ1v) is 11.2. The van der Waals surface area contributed by atoms with Crippen molar-refractivity contribution < 1.29 is 22.4 Å². The van der Waals surface area contributed by atoms with Gasteiger partial charge in [-0.1, -0.05) is 30.3 Å². The standard InChI is InChI=1S/C23H26N2O5S/c1-16-10-20(29-4)11-17(2)22(16)31(27,28)25(3)14-21-12-19(15-30-21)23(26)24-13-18-8-6-5-7-9-18/h5-12,15H,13-14H2,1-4H3,(H,24,26). The lowest BCUT2D eigenvalue weighted by Gasteiger charge is -2.19. The Morgan fingerprint density at radius 1 is 1.10 bits per heavy atom. The van der Waals surface area contributed by atoms with Gasteiger partial charge in [0.25, 0.3) is 5.91 Å². The van der Waals surface area contributed by atoms with Gasteiger partial charge in [-0.25, -0.2) is 8.42 Å². The molecule has 0 saturated carbocycles. The Hall–Kier alpha value is -3.10. The van der Waals surface area contributed by atoms with Gasteiger partial charge in [-0.15, -0.1) is 0 Å². The van der Waals surface area contributed by atoms with E-state index >= 15 is 0 Å². The Balaban J connectivity index is 1.70. The highest BCUT2D eigenvalue weighted by Gasteiger charge is 2.26. The Morgan fingerprint density at radius 3 is 2.35 bits per heavy atom. The lowest BCUT2D eigenvalue weighted by atomic mass is 10.1. The third-order valence-electron chi connectivity index (χ3n) is 4.93. The van der Waals surface area contributed by atoms with Gasteiger partial charge >= 0.3 is 0 Å². The molecule has 31 heavy (non-hydrogen) atoms. The summed E-state index contributed by atoms with van der Waals surface area (Å²) in [4.78, 5) is 12.6. The number of carbonyl (C=O) groups excluding carboxylic acids is 1. The van der Waals surface area contributed by atoms with Crippen molar-refractivity contribution in [2.75, 3.05) is 14.2 Å². The predicted molar refractivity (Wildman–Crippen MR) is 117 cm³/mol. The van der Waals surface area contributed by atoms with Crippen molar-refractivity contribution in [2.24, 2.45) is 0 Å². The number of rotatable bonds is 8. The van der Waals surface area contributed by atoms with Gasteiger partial charge in [-0.05, 0) is 48.7 Å². The molecule has 1 heterocycles. The quantitative estimate of drug-likeness (QED) is 0.575. The number of nitrogens with one attached hydrogen (secondary N) is 1. The maximum Gasteiger partial charge on any atom is 0.254 e. The van der Waals surface area contributed by atoms with Crippen molar-refractivity contribution in [3.8, 4) is 5.75 Å². The lowest BCUT2D eigenvalue weighted by molar-refractivity contribution is 0.0950. The fraction of sp³-hybridized carbons (Fsp3) is 0.261. The predicted octanol–water partition coefficient (Wildman–Crippen LogP) is 3.66. The first-order chi connectivity index (χ1) is 14.7. The van der Waals surface area contributed by atoms with Gasteiger partial charge in [-0.2, -0.15) is 4.31 Å². The summed E-state index contributed by atoms with van der Waals surface area (Å²) >= 11 is 0. The van der Waals surface area contributed by atoms with Crippen LogP contribution in [0.1, 0.15) is 32.8 Å².